The van der Waals surface area contributed by atoms with Gasteiger partial charge in [-0.05, 0) is 23.6 Å². The number of aromatic nitrogens is 4. The zero-order valence-corrected chi connectivity index (χ0v) is 17.9. The first-order valence-corrected chi connectivity index (χ1v) is 11.1. The van der Waals surface area contributed by atoms with Crippen molar-refractivity contribution >= 4 is 45.2 Å². The van der Waals surface area contributed by atoms with Crippen LogP contribution in [0.1, 0.15) is 19.7 Å². The van der Waals surface area contributed by atoms with Crippen molar-refractivity contribution in [3.63, 3.8) is 0 Å². The van der Waals surface area contributed by atoms with Gasteiger partial charge >= 0.3 is 6.01 Å². The molecule has 0 saturated heterocycles. The molecule has 1 aromatic carbocycles. The Bertz CT molecular complexity index is 1170. The number of anilines is 1. The van der Waals surface area contributed by atoms with Crippen molar-refractivity contribution in [2.24, 2.45) is 5.92 Å². The Balaban J connectivity index is 1.48. The summed E-state index contributed by atoms with van der Waals surface area (Å²) in [4.78, 5) is 21.8. The van der Waals surface area contributed by atoms with Crippen LogP contribution in [0, 0.1) is 11.7 Å². The lowest BCUT2D eigenvalue weighted by Crippen LogP contribution is -2.14. The van der Waals surface area contributed by atoms with Crippen molar-refractivity contribution in [2.45, 2.75) is 25.3 Å². The fourth-order valence-corrected chi connectivity index (χ4v) is 4.62. The summed E-state index contributed by atoms with van der Waals surface area (Å²) in [5, 5.41) is 13.9. The maximum absolute atomic E-state index is 13.3. The summed E-state index contributed by atoms with van der Waals surface area (Å²) in [5.41, 5.74) is 1.78. The molecule has 4 aromatic rings. The molecule has 0 spiro atoms. The van der Waals surface area contributed by atoms with Crippen LogP contribution in [0.3, 0.4) is 0 Å². The molecule has 0 aliphatic rings. The lowest BCUT2D eigenvalue weighted by Gasteiger charge is -2.05. The van der Waals surface area contributed by atoms with E-state index in [4.69, 9.17) is 4.42 Å². The van der Waals surface area contributed by atoms with Gasteiger partial charge < -0.3 is 4.42 Å². The van der Waals surface area contributed by atoms with Gasteiger partial charge in [0, 0.05) is 17.4 Å². The third kappa shape index (κ3) is 4.65. The van der Waals surface area contributed by atoms with Gasteiger partial charge in [0.25, 0.3) is 0 Å². The molecule has 0 radical (unpaired) electrons. The Morgan fingerprint density at radius 2 is 2.03 bits per heavy atom. The minimum atomic E-state index is -0.293. The lowest BCUT2D eigenvalue weighted by molar-refractivity contribution is -0.113. The normalized spacial score (nSPS) is 11.3. The van der Waals surface area contributed by atoms with E-state index in [1.165, 1.54) is 41.6 Å². The largest absolute Gasteiger partial charge is 0.408 e. The van der Waals surface area contributed by atoms with Crippen molar-refractivity contribution in [1.29, 1.82) is 0 Å². The van der Waals surface area contributed by atoms with Crippen LogP contribution in [0.15, 0.2) is 45.4 Å². The first-order chi connectivity index (χ1) is 14.5. The van der Waals surface area contributed by atoms with Gasteiger partial charge in [0.1, 0.15) is 22.0 Å². The van der Waals surface area contributed by atoms with Gasteiger partial charge in [0.05, 0.1) is 11.1 Å². The number of thioether (sulfide) groups is 1. The summed E-state index contributed by atoms with van der Waals surface area (Å²) in [5.74, 6) is 0.425. The fraction of sp³-hybridized carbons (Fsp3) is 0.250. The number of hydrogen-bond donors (Lipinski definition) is 1. The van der Waals surface area contributed by atoms with E-state index < -0.39 is 0 Å². The molecule has 1 amide bonds. The second kappa shape index (κ2) is 8.88. The number of hydrogen-bond acceptors (Lipinski definition) is 8. The summed E-state index contributed by atoms with van der Waals surface area (Å²) < 4.78 is 18.7. The summed E-state index contributed by atoms with van der Waals surface area (Å²) in [7, 11) is 0. The molecule has 7 nitrogen and oxygen atoms in total. The Labute approximate surface area is 180 Å². The Hall–Kier alpha value is -2.85. The van der Waals surface area contributed by atoms with Crippen LogP contribution in [0.25, 0.3) is 21.3 Å². The molecule has 30 heavy (non-hydrogen) atoms. The van der Waals surface area contributed by atoms with E-state index >= 15 is 0 Å². The van der Waals surface area contributed by atoms with E-state index in [2.05, 4.69) is 25.5 Å². The highest BCUT2D eigenvalue weighted by atomic mass is 32.2. The van der Waals surface area contributed by atoms with Crippen molar-refractivity contribution in [1.82, 2.24) is 20.2 Å². The molecule has 3 aromatic heterocycles. The number of carbonyl (C=O) groups is 1. The van der Waals surface area contributed by atoms with Crippen LogP contribution in [0.5, 0.6) is 0 Å². The highest BCUT2D eigenvalue weighted by Crippen LogP contribution is 2.37. The summed E-state index contributed by atoms with van der Waals surface area (Å²) in [6.45, 7) is 4.10. The minimum Gasteiger partial charge on any atom is -0.408 e. The third-order valence-electron chi connectivity index (χ3n) is 4.13. The average Bonchev–Trinajstić information content (AvgIpc) is 3.33. The molecule has 0 bridgehead atoms. The van der Waals surface area contributed by atoms with E-state index in [1.807, 2.05) is 19.2 Å². The molecule has 0 aliphatic heterocycles. The number of fused-ring (bicyclic) bond motifs is 1. The molecular weight excluding hydrogens is 425 g/mol. The molecule has 0 fully saturated rings. The number of thiophene rings is 1. The molecule has 0 saturated carbocycles. The van der Waals surface area contributed by atoms with Crippen molar-refractivity contribution in [3.8, 4) is 11.1 Å². The van der Waals surface area contributed by atoms with Crippen molar-refractivity contribution in [2.75, 3.05) is 11.1 Å². The second-order valence-corrected chi connectivity index (χ2v) is 8.77. The van der Waals surface area contributed by atoms with Crippen LogP contribution < -0.4 is 5.32 Å². The number of benzene rings is 1. The van der Waals surface area contributed by atoms with Gasteiger partial charge in [0.2, 0.25) is 11.8 Å². The van der Waals surface area contributed by atoms with Gasteiger partial charge in [-0.3, -0.25) is 10.1 Å². The monoisotopic (exact) mass is 443 g/mol. The van der Waals surface area contributed by atoms with E-state index in [0.29, 0.717) is 23.3 Å². The molecule has 0 atom stereocenters. The van der Waals surface area contributed by atoms with E-state index in [0.717, 1.165) is 21.3 Å². The summed E-state index contributed by atoms with van der Waals surface area (Å²) in [6, 6.07) is 6.36. The van der Waals surface area contributed by atoms with Crippen LogP contribution in [-0.2, 0) is 11.2 Å². The molecule has 1 N–H and O–H groups in total. The molecule has 10 heteroatoms. The predicted octanol–water partition coefficient (Wildman–Crippen LogP) is 4.81. The zero-order valence-electron chi connectivity index (χ0n) is 16.3. The Morgan fingerprint density at radius 1 is 1.23 bits per heavy atom. The van der Waals surface area contributed by atoms with Gasteiger partial charge in [-0.15, -0.1) is 16.4 Å². The number of halogens is 1. The quantitative estimate of drug-likeness (QED) is 0.324. The minimum absolute atomic E-state index is 0.0895. The highest BCUT2D eigenvalue weighted by Gasteiger charge is 2.16. The van der Waals surface area contributed by atoms with Crippen LogP contribution >= 0.6 is 23.1 Å². The van der Waals surface area contributed by atoms with E-state index in [-0.39, 0.29) is 23.5 Å². The molecular formula is C20H18FN5O2S2. The van der Waals surface area contributed by atoms with Gasteiger partial charge in [-0.2, -0.15) is 0 Å². The smallest absolute Gasteiger partial charge is 0.322 e. The molecule has 154 valence electrons. The second-order valence-electron chi connectivity index (χ2n) is 6.95. The average molecular weight is 444 g/mol. The topological polar surface area (TPSA) is 93.8 Å². The van der Waals surface area contributed by atoms with Gasteiger partial charge in [-0.25, -0.2) is 14.4 Å². The van der Waals surface area contributed by atoms with E-state index in [1.54, 1.807) is 12.1 Å². The standard InChI is InChI=1S/C20H18FN5O2S2/c1-11(2)7-16-25-26-20(28-16)24-15(27)9-30-19-17-14(8-29-18(17)22-10-23-19)12-3-5-13(21)6-4-12/h3-6,8,10-11H,7,9H2,1-2H3,(H,24,26,27). The number of nitrogens with one attached hydrogen (secondary N) is 1. The Morgan fingerprint density at radius 3 is 2.80 bits per heavy atom. The first-order valence-electron chi connectivity index (χ1n) is 9.22. The lowest BCUT2D eigenvalue weighted by atomic mass is 10.1. The highest BCUT2D eigenvalue weighted by molar-refractivity contribution is 8.00. The number of carbonyl (C=O) groups excluding carboxylic acids is 1. The maximum atomic E-state index is 13.3. The fourth-order valence-electron chi connectivity index (χ4n) is 2.82. The third-order valence-corrected chi connectivity index (χ3v) is 6.00. The van der Waals surface area contributed by atoms with Crippen LogP contribution in [0.4, 0.5) is 10.4 Å². The molecule has 4 rings (SSSR count). The van der Waals surface area contributed by atoms with Crippen LogP contribution in [-0.4, -0.2) is 31.8 Å². The predicted molar refractivity (Wildman–Crippen MR) is 115 cm³/mol. The number of nitrogens with zero attached hydrogens (tertiary/aromatic N) is 4. The Kier molecular flexibility index (Phi) is 6.05. The SMILES string of the molecule is CC(C)Cc1nnc(NC(=O)CSc2ncnc3scc(-c4ccc(F)cc4)c23)o1. The summed E-state index contributed by atoms with van der Waals surface area (Å²) >= 11 is 2.77. The molecule has 3 heterocycles. The first kappa shape index (κ1) is 20.4. The van der Waals surface area contributed by atoms with Crippen molar-refractivity contribution in [3.05, 3.63) is 47.7 Å². The molecule has 0 unspecified atom stereocenters. The zero-order chi connectivity index (χ0) is 21.1. The van der Waals surface area contributed by atoms with Crippen LogP contribution in [0.2, 0.25) is 0 Å². The molecule has 0 aliphatic carbocycles. The number of rotatable bonds is 7. The summed E-state index contributed by atoms with van der Waals surface area (Å²) in [6.07, 6.45) is 2.13. The maximum Gasteiger partial charge on any atom is 0.322 e. The van der Waals surface area contributed by atoms with E-state index in [9.17, 15) is 9.18 Å². The van der Waals surface area contributed by atoms with Gasteiger partial charge in [-0.1, -0.05) is 42.8 Å². The van der Waals surface area contributed by atoms with Crippen molar-refractivity contribution < 1.29 is 13.6 Å². The number of amides is 1. The van der Waals surface area contributed by atoms with Gasteiger partial charge in [0.15, 0.2) is 0 Å².